The van der Waals surface area contributed by atoms with Crippen molar-refractivity contribution in [2.24, 2.45) is 5.41 Å². The predicted molar refractivity (Wildman–Crippen MR) is 79.4 cm³/mol. The van der Waals surface area contributed by atoms with Crippen molar-refractivity contribution < 1.29 is 17.9 Å². The summed E-state index contributed by atoms with van der Waals surface area (Å²) in [6, 6.07) is 3.45. The fourth-order valence-corrected chi connectivity index (χ4v) is 4.00. The fourth-order valence-electron chi connectivity index (χ4n) is 1.71. The Morgan fingerprint density at radius 2 is 2.05 bits per heavy atom. The smallest absolute Gasteiger partial charge is 0.241 e. The summed E-state index contributed by atoms with van der Waals surface area (Å²) < 4.78 is 40.0. The molecule has 0 amide bonds. The van der Waals surface area contributed by atoms with E-state index in [1.807, 2.05) is 13.8 Å². The highest BCUT2D eigenvalue weighted by Gasteiger charge is 2.23. The third-order valence-corrected chi connectivity index (χ3v) is 5.31. The predicted octanol–water partition coefficient (Wildman–Crippen LogP) is 2.67. The maximum Gasteiger partial charge on any atom is 0.241 e. The zero-order chi connectivity index (χ0) is 15.4. The molecule has 1 aromatic rings. The minimum atomic E-state index is -3.69. The van der Waals surface area contributed by atoms with Crippen molar-refractivity contribution in [1.29, 1.82) is 0 Å². The van der Waals surface area contributed by atoms with Crippen LogP contribution in [0.3, 0.4) is 0 Å². The highest BCUT2D eigenvalue weighted by Crippen LogP contribution is 2.25. The Morgan fingerprint density at radius 3 is 2.60 bits per heavy atom. The van der Waals surface area contributed by atoms with Crippen LogP contribution in [-0.4, -0.2) is 26.7 Å². The number of sulfonamides is 1. The van der Waals surface area contributed by atoms with Crippen LogP contribution in [0.1, 0.15) is 26.7 Å². The van der Waals surface area contributed by atoms with Crippen LogP contribution in [0.25, 0.3) is 0 Å². The Balaban J connectivity index is 2.80. The Hall–Kier alpha value is -0.500. The van der Waals surface area contributed by atoms with Crippen molar-refractivity contribution >= 4 is 26.0 Å². The number of aliphatic hydroxyl groups is 1. The Morgan fingerprint density at radius 1 is 1.40 bits per heavy atom. The molecule has 0 saturated carbocycles. The summed E-state index contributed by atoms with van der Waals surface area (Å²) in [6.45, 7) is 4.18. The van der Waals surface area contributed by atoms with Gasteiger partial charge in [0.1, 0.15) is 5.82 Å². The minimum absolute atomic E-state index is 0.0110. The van der Waals surface area contributed by atoms with Gasteiger partial charge < -0.3 is 5.11 Å². The van der Waals surface area contributed by atoms with Gasteiger partial charge in [-0.1, -0.05) is 13.8 Å². The molecule has 114 valence electrons. The molecule has 20 heavy (non-hydrogen) atoms. The van der Waals surface area contributed by atoms with Crippen LogP contribution in [0.2, 0.25) is 0 Å². The lowest BCUT2D eigenvalue weighted by atomic mass is 9.88. The number of halogens is 2. The second kappa shape index (κ2) is 6.98. The van der Waals surface area contributed by atoms with Crippen LogP contribution in [-0.2, 0) is 10.0 Å². The average Bonchev–Trinajstić information content (AvgIpc) is 2.34. The largest absolute Gasteiger partial charge is 0.396 e. The summed E-state index contributed by atoms with van der Waals surface area (Å²) in [6.07, 6.45) is 1.32. The molecule has 0 radical (unpaired) electrons. The first-order valence-electron chi connectivity index (χ1n) is 6.23. The van der Waals surface area contributed by atoms with E-state index in [-0.39, 0.29) is 27.9 Å². The van der Waals surface area contributed by atoms with E-state index in [1.165, 1.54) is 6.07 Å². The maximum atomic E-state index is 13.0. The topological polar surface area (TPSA) is 66.4 Å². The molecule has 0 bridgehead atoms. The third-order valence-electron chi connectivity index (χ3n) is 2.94. The van der Waals surface area contributed by atoms with Gasteiger partial charge in [0.25, 0.3) is 0 Å². The molecule has 0 saturated heterocycles. The van der Waals surface area contributed by atoms with Gasteiger partial charge in [-0.15, -0.1) is 0 Å². The number of aliphatic hydroxyl groups excluding tert-OH is 1. The number of rotatable bonds is 7. The van der Waals surface area contributed by atoms with E-state index in [2.05, 4.69) is 20.7 Å². The van der Waals surface area contributed by atoms with E-state index in [1.54, 1.807) is 0 Å². The van der Waals surface area contributed by atoms with Gasteiger partial charge in [-0.3, -0.25) is 0 Å². The zero-order valence-corrected chi connectivity index (χ0v) is 13.9. The Bertz CT molecular complexity index is 561. The van der Waals surface area contributed by atoms with Crippen LogP contribution < -0.4 is 4.72 Å². The molecule has 0 aliphatic rings. The highest BCUT2D eigenvalue weighted by molar-refractivity contribution is 9.10. The summed E-state index contributed by atoms with van der Waals surface area (Å²) in [5.41, 5.74) is -0.262. The van der Waals surface area contributed by atoms with Crippen LogP contribution in [0.15, 0.2) is 27.6 Å². The zero-order valence-electron chi connectivity index (χ0n) is 11.5. The summed E-state index contributed by atoms with van der Waals surface area (Å²) in [5, 5.41) is 8.82. The molecule has 1 aromatic carbocycles. The quantitative estimate of drug-likeness (QED) is 0.778. The first-order chi connectivity index (χ1) is 9.18. The fraction of sp³-hybridized carbons (Fsp3) is 0.538. The van der Waals surface area contributed by atoms with Crippen molar-refractivity contribution in [1.82, 2.24) is 4.72 Å². The summed E-state index contributed by atoms with van der Waals surface area (Å²) in [7, 11) is -3.69. The van der Waals surface area contributed by atoms with Gasteiger partial charge in [-0.2, -0.15) is 0 Å². The average molecular weight is 368 g/mol. The van der Waals surface area contributed by atoms with Crippen LogP contribution in [0.4, 0.5) is 4.39 Å². The molecule has 0 fully saturated rings. The van der Waals surface area contributed by atoms with E-state index in [9.17, 15) is 12.8 Å². The Labute approximate surface area is 127 Å². The van der Waals surface area contributed by atoms with E-state index in [0.29, 0.717) is 12.8 Å². The number of nitrogens with one attached hydrogen (secondary N) is 1. The molecule has 0 heterocycles. The van der Waals surface area contributed by atoms with Crippen LogP contribution in [0, 0.1) is 11.2 Å². The second-order valence-electron chi connectivity index (χ2n) is 5.39. The number of hydrogen-bond donors (Lipinski definition) is 2. The molecule has 0 aromatic heterocycles. The summed E-state index contributed by atoms with van der Waals surface area (Å²) >= 11 is 3.05. The Kier molecular flexibility index (Phi) is 6.12. The van der Waals surface area contributed by atoms with E-state index in [4.69, 9.17) is 5.11 Å². The molecule has 0 spiro atoms. The van der Waals surface area contributed by atoms with Crippen molar-refractivity contribution in [2.75, 3.05) is 13.2 Å². The molecule has 0 aliphatic carbocycles. The molecule has 0 aliphatic heterocycles. The van der Waals surface area contributed by atoms with E-state index >= 15 is 0 Å². The summed E-state index contributed by atoms with van der Waals surface area (Å²) in [5.74, 6) is -0.501. The van der Waals surface area contributed by atoms with Crippen molar-refractivity contribution in [3.05, 3.63) is 28.5 Å². The van der Waals surface area contributed by atoms with Gasteiger partial charge in [0.15, 0.2) is 0 Å². The minimum Gasteiger partial charge on any atom is -0.396 e. The second-order valence-corrected chi connectivity index (χ2v) is 7.98. The first kappa shape index (κ1) is 17.6. The highest BCUT2D eigenvalue weighted by atomic mass is 79.9. The van der Waals surface area contributed by atoms with Gasteiger partial charge in [-0.05, 0) is 52.4 Å². The first-order valence-corrected chi connectivity index (χ1v) is 8.51. The van der Waals surface area contributed by atoms with Gasteiger partial charge in [0.05, 0.1) is 4.90 Å². The summed E-state index contributed by atoms with van der Waals surface area (Å²) in [4.78, 5) is 0.0110. The SMILES string of the molecule is CC(C)(CCCO)CNS(=O)(=O)c1ccc(F)cc1Br. The molecule has 0 atom stereocenters. The van der Waals surface area contributed by atoms with Crippen molar-refractivity contribution in [3.63, 3.8) is 0 Å². The van der Waals surface area contributed by atoms with Crippen molar-refractivity contribution in [2.45, 2.75) is 31.6 Å². The van der Waals surface area contributed by atoms with Gasteiger partial charge >= 0.3 is 0 Å². The molecule has 1 rings (SSSR count). The maximum absolute atomic E-state index is 13.0. The van der Waals surface area contributed by atoms with Gasteiger partial charge in [-0.25, -0.2) is 17.5 Å². The molecule has 2 N–H and O–H groups in total. The van der Waals surface area contributed by atoms with E-state index in [0.717, 1.165) is 12.1 Å². The number of benzene rings is 1. The van der Waals surface area contributed by atoms with Crippen molar-refractivity contribution in [3.8, 4) is 0 Å². The van der Waals surface area contributed by atoms with E-state index < -0.39 is 15.8 Å². The molecular weight excluding hydrogens is 349 g/mol. The normalized spacial score (nSPS) is 12.7. The molecular formula is C13H19BrFNO3S. The lowest BCUT2D eigenvalue weighted by molar-refractivity contribution is 0.242. The van der Waals surface area contributed by atoms with Gasteiger partial charge in [0, 0.05) is 17.6 Å². The third kappa shape index (κ3) is 5.12. The standard InChI is InChI=1S/C13H19BrFNO3S/c1-13(2,6-3-7-17)9-16-20(18,19)12-5-4-10(15)8-11(12)14/h4-5,8,16-17H,3,6-7,9H2,1-2H3. The number of hydrogen-bond acceptors (Lipinski definition) is 3. The van der Waals surface area contributed by atoms with Crippen LogP contribution >= 0.6 is 15.9 Å². The lowest BCUT2D eigenvalue weighted by Crippen LogP contribution is -2.34. The van der Waals surface area contributed by atoms with Gasteiger partial charge in [0.2, 0.25) is 10.0 Å². The molecule has 0 unspecified atom stereocenters. The monoisotopic (exact) mass is 367 g/mol. The lowest BCUT2D eigenvalue weighted by Gasteiger charge is -2.24. The molecule has 4 nitrogen and oxygen atoms in total. The molecule has 7 heteroatoms. The van der Waals surface area contributed by atoms with Crippen LogP contribution in [0.5, 0.6) is 0 Å².